The van der Waals surface area contributed by atoms with Crippen molar-refractivity contribution in [1.82, 2.24) is 0 Å². The Labute approximate surface area is 85.2 Å². The Kier molecular flexibility index (Phi) is 3.97. The van der Waals surface area contributed by atoms with Gasteiger partial charge in [0.05, 0.1) is 0 Å². The third-order valence-electron chi connectivity index (χ3n) is 2.06. The van der Waals surface area contributed by atoms with Crippen LogP contribution in [0.4, 0.5) is 0 Å². The molecule has 0 aromatic rings. The van der Waals surface area contributed by atoms with E-state index >= 15 is 0 Å². The van der Waals surface area contributed by atoms with E-state index in [0.29, 0.717) is 0 Å². The number of allylic oxidation sites excluding steroid dienone is 4. The van der Waals surface area contributed by atoms with Gasteiger partial charge in [-0.15, -0.1) is 17.0 Å². The molecule has 0 amide bonds. The Morgan fingerprint density at radius 1 is 1.36 bits per heavy atom. The Balaban J connectivity index is 0.000001000. The zero-order valence-corrected chi connectivity index (χ0v) is 17.2. The first-order valence-corrected chi connectivity index (χ1v) is 36.5. The molecule has 0 aromatic carbocycles. The van der Waals surface area contributed by atoms with Crippen molar-refractivity contribution in [2.24, 2.45) is 0 Å². The van der Waals surface area contributed by atoms with Crippen LogP contribution in [0.2, 0.25) is 9.36 Å². The van der Waals surface area contributed by atoms with E-state index in [2.05, 4.69) is 27.6 Å². The Morgan fingerprint density at radius 3 is 2.09 bits per heavy atom. The van der Waals surface area contributed by atoms with Crippen molar-refractivity contribution in [1.29, 1.82) is 0 Å². The van der Waals surface area contributed by atoms with Gasteiger partial charge in [-0.3, -0.25) is 0 Å². The van der Waals surface area contributed by atoms with E-state index in [0.717, 1.165) is 0 Å². The molecule has 0 nitrogen and oxygen atoms in total. The standard InChI is InChI=1S/C5H5.2CH3.BrH.Hf.2H3Si/c1-2-4-5-3-1;;;;;;/h1-3H,4H2;2*1H3;1H;;2*1H3. The second-order valence-corrected chi connectivity index (χ2v) is 110. The van der Waals surface area contributed by atoms with Crippen LogP contribution >= 0.6 is 17.0 Å². The zero-order chi connectivity index (χ0) is 7.85. The topological polar surface area (TPSA) is 0 Å². The third kappa shape index (κ3) is 3.65. The number of hydrogen-bond donors (Lipinski definition) is 0. The number of rotatable bonds is 1. The van der Waals surface area contributed by atoms with Crippen molar-refractivity contribution in [3.05, 3.63) is 21.6 Å². The first-order chi connectivity index (χ1) is 4.36. The molecule has 0 atom stereocenters. The van der Waals surface area contributed by atoms with E-state index in [4.69, 9.17) is 0 Å². The first-order valence-electron chi connectivity index (χ1n) is 3.97. The Hall–Kier alpha value is 1.26. The van der Waals surface area contributed by atoms with E-state index in [9.17, 15) is 0 Å². The predicted octanol–water partition coefficient (Wildman–Crippen LogP) is 0.755. The van der Waals surface area contributed by atoms with Gasteiger partial charge >= 0.3 is 69.0 Å². The van der Waals surface area contributed by atoms with E-state index in [1.54, 1.807) is 0 Å². The average molecular weight is 417 g/mol. The van der Waals surface area contributed by atoms with E-state index in [-0.39, 0.29) is 17.0 Å². The van der Waals surface area contributed by atoms with E-state index < -0.39 is 16.8 Å². The molecular weight excluding hydrogens is 399 g/mol. The average Bonchev–Trinajstić information content (AvgIpc) is 2.04. The molecule has 0 unspecified atom stereocenters. The summed E-state index contributed by atoms with van der Waals surface area (Å²) in [6.07, 6.45) is 8.26. The first kappa shape index (κ1) is 12.3. The van der Waals surface area contributed by atoms with Crippen LogP contribution in [-0.4, -0.2) is 14.9 Å². The molecule has 4 heteroatoms. The summed E-state index contributed by atoms with van der Waals surface area (Å²) in [4.78, 5) is 0. The third-order valence-corrected chi connectivity index (χ3v) is 23.1. The van der Waals surface area contributed by atoms with Gasteiger partial charge in [-0.25, -0.2) is 0 Å². The molecule has 0 spiro atoms. The van der Waals surface area contributed by atoms with Crippen molar-refractivity contribution < 1.29 is 16.8 Å². The molecule has 11 heavy (non-hydrogen) atoms. The fraction of sp³-hybridized carbons (Fsp3) is 0.429. The zero-order valence-electron chi connectivity index (χ0n) is 7.85. The van der Waals surface area contributed by atoms with Crippen LogP contribution < -0.4 is 0 Å². The summed E-state index contributed by atoms with van der Waals surface area (Å²) in [6, 6.07) is 0. The molecule has 0 radical (unpaired) electrons. The van der Waals surface area contributed by atoms with Crippen LogP contribution in [-0.2, 0) is 16.8 Å². The Morgan fingerprint density at radius 2 is 1.91 bits per heavy atom. The van der Waals surface area contributed by atoms with Crippen LogP contribution in [0.25, 0.3) is 0 Å². The normalized spacial score (nSPS) is 20.5. The molecule has 65 valence electrons. The molecule has 1 aliphatic carbocycles. The molecule has 0 saturated carbocycles. The monoisotopic (exact) mass is 417 g/mol. The molecular formula is C7H18BrHfSi2. The van der Waals surface area contributed by atoms with Crippen molar-refractivity contribution in [2.45, 2.75) is 15.8 Å². The molecule has 0 aromatic heterocycles. The van der Waals surface area contributed by atoms with Gasteiger partial charge in [0.1, 0.15) is 0 Å². The summed E-state index contributed by atoms with van der Waals surface area (Å²) in [6.45, 7) is 0. The van der Waals surface area contributed by atoms with Crippen molar-refractivity contribution in [2.75, 3.05) is 0 Å². The van der Waals surface area contributed by atoms with Gasteiger partial charge in [0.15, 0.2) is 0 Å². The predicted molar refractivity (Wildman–Crippen MR) is 63.8 cm³/mol. The van der Waals surface area contributed by atoms with Crippen LogP contribution in [0, 0.1) is 0 Å². The van der Waals surface area contributed by atoms with Crippen molar-refractivity contribution in [3.8, 4) is 0 Å². The summed E-state index contributed by atoms with van der Waals surface area (Å²) >= 11 is -2.03. The summed E-state index contributed by atoms with van der Waals surface area (Å²) in [5.41, 5.74) is 0. The summed E-state index contributed by atoms with van der Waals surface area (Å²) in [5.74, 6) is 0. The molecule has 0 heterocycles. The van der Waals surface area contributed by atoms with E-state index in [1.807, 2.05) is 3.33 Å². The van der Waals surface area contributed by atoms with E-state index in [1.165, 1.54) is 21.3 Å². The van der Waals surface area contributed by atoms with Gasteiger partial charge in [0, 0.05) is 0 Å². The SMILES string of the molecule is Br.[CH3][Hf]([CH3])([SiH3])([SiH3])[C]1=CC=CC1. The summed E-state index contributed by atoms with van der Waals surface area (Å²) < 4.78 is 7.11. The van der Waals surface area contributed by atoms with Gasteiger partial charge in [0.25, 0.3) is 0 Å². The maximum atomic E-state index is 2.62. The van der Waals surface area contributed by atoms with Crippen molar-refractivity contribution >= 4 is 31.8 Å². The quantitative estimate of drug-likeness (QED) is 0.554. The molecule has 0 saturated heterocycles. The second kappa shape index (κ2) is 3.56. The van der Waals surface area contributed by atoms with Crippen LogP contribution in [0.15, 0.2) is 21.6 Å². The fourth-order valence-corrected chi connectivity index (χ4v) is 13.4. The fourth-order valence-electron chi connectivity index (χ4n) is 1.19. The Bertz CT molecular complexity index is 203. The molecule has 0 aliphatic heterocycles. The number of hydrogen-bond acceptors (Lipinski definition) is 0. The molecule has 0 fully saturated rings. The minimum atomic E-state index is -2.03. The van der Waals surface area contributed by atoms with Crippen LogP contribution in [0.3, 0.4) is 0 Å². The summed E-state index contributed by atoms with van der Waals surface area (Å²) in [5, 5.41) is 0. The maximum absolute atomic E-state index is 2.62. The molecule has 1 aliphatic rings. The minimum absolute atomic E-state index is 0. The van der Waals surface area contributed by atoms with Gasteiger partial charge in [0.2, 0.25) is 0 Å². The number of halogens is 1. The van der Waals surface area contributed by atoms with Gasteiger partial charge in [-0.05, 0) is 0 Å². The van der Waals surface area contributed by atoms with Gasteiger partial charge < -0.3 is 0 Å². The second-order valence-electron chi connectivity index (χ2n) is 5.32. The summed E-state index contributed by atoms with van der Waals surface area (Å²) in [7, 11) is 3.01. The van der Waals surface area contributed by atoms with Gasteiger partial charge in [-0.1, -0.05) is 0 Å². The molecule has 1 rings (SSSR count). The molecule has 0 N–H and O–H groups in total. The molecule has 0 bridgehead atoms. The van der Waals surface area contributed by atoms with Crippen LogP contribution in [0.1, 0.15) is 6.42 Å². The van der Waals surface area contributed by atoms with Crippen molar-refractivity contribution in [3.63, 3.8) is 0 Å². The van der Waals surface area contributed by atoms with Crippen LogP contribution in [0.5, 0.6) is 0 Å². The van der Waals surface area contributed by atoms with Gasteiger partial charge in [-0.2, -0.15) is 0 Å².